The van der Waals surface area contributed by atoms with Crippen molar-refractivity contribution in [2.24, 2.45) is 11.7 Å². The van der Waals surface area contributed by atoms with Gasteiger partial charge in [0.05, 0.1) is 5.56 Å². The Morgan fingerprint density at radius 1 is 1.28 bits per heavy atom. The third kappa shape index (κ3) is 2.66. The first-order valence-corrected chi connectivity index (χ1v) is 6.25. The van der Waals surface area contributed by atoms with Gasteiger partial charge in [0.2, 0.25) is 0 Å². The van der Waals surface area contributed by atoms with Gasteiger partial charge in [0, 0.05) is 12.4 Å². The third-order valence-corrected chi connectivity index (χ3v) is 3.77. The largest absolute Gasteiger partial charge is 0.416 e. The summed E-state index contributed by atoms with van der Waals surface area (Å²) in [6, 6.07) is 1.07. The van der Waals surface area contributed by atoms with Crippen LogP contribution < -0.4 is 5.73 Å². The predicted octanol–water partition coefficient (Wildman–Crippen LogP) is 3.33. The monoisotopic (exact) mass is 258 g/mol. The fourth-order valence-corrected chi connectivity index (χ4v) is 2.86. The summed E-state index contributed by atoms with van der Waals surface area (Å²) in [5.41, 5.74) is 5.46. The van der Waals surface area contributed by atoms with Crippen molar-refractivity contribution in [1.82, 2.24) is 4.98 Å². The quantitative estimate of drug-likeness (QED) is 0.883. The van der Waals surface area contributed by atoms with E-state index in [1.165, 1.54) is 12.4 Å². The summed E-state index contributed by atoms with van der Waals surface area (Å²) in [6.07, 6.45) is 1.96. The summed E-state index contributed by atoms with van der Waals surface area (Å²) in [7, 11) is 0. The Balaban J connectivity index is 2.37. The Kier molecular flexibility index (Phi) is 3.90. The molecule has 100 valence electrons. The molecule has 0 spiro atoms. The lowest BCUT2D eigenvalue weighted by molar-refractivity contribution is -0.138. The number of halogens is 3. The third-order valence-electron chi connectivity index (χ3n) is 3.77. The Bertz CT molecular complexity index is 403. The van der Waals surface area contributed by atoms with Gasteiger partial charge in [0.15, 0.2) is 0 Å². The van der Waals surface area contributed by atoms with E-state index < -0.39 is 11.7 Å². The van der Waals surface area contributed by atoms with Gasteiger partial charge >= 0.3 is 6.18 Å². The highest BCUT2D eigenvalue weighted by Crippen LogP contribution is 2.42. The van der Waals surface area contributed by atoms with E-state index >= 15 is 0 Å². The summed E-state index contributed by atoms with van der Waals surface area (Å²) in [5, 5.41) is 0. The summed E-state index contributed by atoms with van der Waals surface area (Å²) in [6.45, 7) is 0.441. The van der Waals surface area contributed by atoms with Crippen molar-refractivity contribution < 1.29 is 13.2 Å². The molecule has 2 unspecified atom stereocenters. The van der Waals surface area contributed by atoms with E-state index in [1.807, 2.05) is 0 Å². The highest BCUT2D eigenvalue weighted by Gasteiger charge is 2.37. The van der Waals surface area contributed by atoms with Crippen molar-refractivity contribution in [3.05, 3.63) is 29.6 Å². The molecule has 1 heterocycles. The molecule has 0 saturated heterocycles. The second kappa shape index (κ2) is 5.26. The Hall–Kier alpha value is -1.10. The maximum atomic E-state index is 13.0. The van der Waals surface area contributed by atoms with Crippen molar-refractivity contribution >= 4 is 0 Å². The lowest BCUT2D eigenvalue weighted by Gasteiger charge is -2.32. The Morgan fingerprint density at radius 2 is 2.00 bits per heavy atom. The van der Waals surface area contributed by atoms with Crippen molar-refractivity contribution in [3.63, 3.8) is 0 Å². The SMILES string of the molecule is NCC1CCCCC1c1cnccc1C(F)(F)F. The summed E-state index contributed by atoms with van der Waals surface area (Å²) < 4.78 is 38.9. The number of hydrogen-bond donors (Lipinski definition) is 1. The molecule has 1 saturated carbocycles. The molecule has 0 amide bonds. The first-order chi connectivity index (χ1) is 8.54. The number of nitrogens with two attached hydrogens (primary N) is 1. The van der Waals surface area contributed by atoms with E-state index in [0.717, 1.165) is 31.7 Å². The maximum Gasteiger partial charge on any atom is 0.416 e. The molecule has 0 bridgehead atoms. The minimum absolute atomic E-state index is 0.103. The molecule has 5 heteroatoms. The predicted molar refractivity (Wildman–Crippen MR) is 63.0 cm³/mol. The molecule has 18 heavy (non-hydrogen) atoms. The number of nitrogens with zero attached hydrogens (tertiary/aromatic N) is 1. The molecule has 1 aliphatic rings. The zero-order valence-corrected chi connectivity index (χ0v) is 10.1. The van der Waals surface area contributed by atoms with E-state index in [1.54, 1.807) is 0 Å². The molecule has 1 fully saturated rings. The lowest BCUT2D eigenvalue weighted by atomic mass is 9.74. The number of pyridine rings is 1. The average Bonchev–Trinajstić information content (AvgIpc) is 2.37. The van der Waals surface area contributed by atoms with Crippen LogP contribution in [0.4, 0.5) is 13.2 Å². The molecule has 0 aliphatic heterocycles. The van der Waals surface area contributed by atoms with Crippen LogP contribution in [-0.4, -0.2) is 11.5 Å². The van der Waals surface area contributed by atoms with Crippen LogP contribution in [0.2, 0.25) is 0 Å². The van der Waals surface area contributed by atoms with Crippen molar-refractivity contribution in [2.75, 3.05) is 6.54 Å². The first-order valence-electron chi connectivity index (χ1n) is 6.25. The van der Waals surface area contributed by atoms with Gasteiger partial charge in [-0.1, -0.05) is 12.8 Å². The number of hydrogen-bond acceptors (Lipinski definition) is 2. The minimum atomic E-state index is -4.31. The highest BCUT2D eigenvalue weighted by molar-refractivity contribution is 5.30. The van der Waals surface area contributed by atoms with Crippen LogP contribution in [0.15, 0.2) is 18.5 Å². The smallest absolute Gasteiger partial charge is 0.330 e. The summed E-state index contributed by atoms with van der Waals surface area (Å²) >= 11 is 0. The molecule has 1 aliphatic carbocycles. The van der Waals surface area contributed by atoms with Gasteiger partial charge in [-0.3, -0.25) is 4.98 Å². The fraction of sp³-hybridized carbons (Fsp3) is 0.615. The van der Waals surface area contributed by atoms with Gasteiger partial charge in [-0.05, 0) is 42.9 Å². The maximum absolute atomic E-state index is 13.0. The molecule has 2 N–H and O–H groups in total. The van der Waals surface area contributed by atoms with E-state index in [4.69, 9.17) is 5.73 Å². The number of alkyl halides is 3. The van der Waals surface area contributed by atoms with Crippen molar-refractivity contribution in [1.29, 1.82) is 0 Å². The molecule has 2 rings (SSSR count). The van der Waals surface area contributed by atoms with E-state index in [2.05, 4.69) is 4.98 Å². The highest BCUT2D eigenvalue weighted by atomic mass is 19.4. The van der Waals surface area contributed by atoms with Crippen LogP contribution in [0.1, 0.15) is 42.7 Å². The van der Waals surface area contributed by atoms with Crippen LogP contribution >= 0.6 is 0 Å². The van der Waals surface area contributed by atoms with Crippen LogP contribution in [-0.2, 0) is 6.18 Å². The second-order valence-electron chi connectivity index (χ2n) is 4.85. The van der Waals surface area contributed by atoms with Gasteiger partial charge in [-0.15, -0.1) is 0 Å². The molecule has 2 nitrogen and oxygen atoms in total. The molecule has 1 aromatic heterocycles. The topological polar surface area (TPSA) is 38.9 Å². The average molecular weight is 258 g/mol. The fourth-order valence-electron chi connectivity index (χ4n) is 2.86. The zero-order chi connectivity index (χ0) is 13.2. The molecule has 2 atom stereocenters. The number of rotatable bonds is 2. The molecule has 0 aromatic carbocycles. The standard InChI is InChI=1S/C13H17F3N2/c14-13(15,16)12-5-6-18-8-11(12)10-4-2-1-3-9(10)7-17/h5-6,8-10H,1-4,7,17H2. The minimum Gasteiger partial charge on any atom is -0.330 e. The van der Waals surface area contributed by atoms with E-state index in [-0.39, 0.29) is 11.8 Å². The van der Waals surface area contributed by atoms with Crippen molar-refractivity contribution in [3.8, 4) is 0 Å². The van der Waals surface area contributed by atoms with E-state index in [9.17, 15) is 13.2 Å². The van der Waals surface area contributed by atoms with Gasteiger partial charge in [0.25, 0.3) is 0 Å². The first kappa shape index (κ1) is 13.3. The van der Waals surface area contributed by atoms with Gasteiger partial charge in [0.1, 0.15) is 0 Å². The zero-order valence-electron chi connectivity index (χ0n) is 10.1. The number of aromatic nitrogens is 1. The Morgan fingerprint density at radius 3 is 2.67 bits per heavy atom. The van der Waals surface area contributed by atoms with Gasteiger partial charge in [-0.25, -0.2) is 0 Å². The van der Waals surface area contributed by atoms with Crippen molar-refractivity contribution in [2.45, 2.75) is 37.8 Å². The molecule has 0 radical (unpaired) electrons. The summed E-state index contributed by atoms with van der Waals surface area (Å²) in [4.78, 5) is 3.86. The normalized spacial score (nSPS) is 25.1. The second-order valence-corrected chi connectivity index (χ2v) is 4.85. The van der Waals surface area contributed by atoms with Crippen LogP contribution in [0.25, 0.3) is 0 Å². The molecular weight excluding hydrogens is 241 g/mol. The van der Waals surface area contributed by atoms with Crippen LogP contribution in [0.3, 0.4) is 0 Å². The van der Waals surface area contributed by atoms with Crippen LogP contribution in [0, 0.1) is 5.92 Å². The van der Waals surface area contributed by atoms with Gasteiger partial charge < -0.3 is 5.73 Å². The molecule has 1 aromatic rings. The summed E-state index contributed by atoms with van der Waals surface area (Å²) in [5.74, 6) is 0.0399. The van der Waals surface area contributed by atoms with E-state index in [0.29, 0.717) is 12.1 Å². The lowest BCUT2D eigenvalue weighted by Crippen LogP contribution is -2.27. The Labute approximate surface area is 104 Å². The van der Waals surface area contributed by atoms with Crippen LogP contribution in [0.5, 0.6) is 0 Å². The van der Waals surface area contributed by atoms with Gasteiger partial charge in [-0.2, -0.15) is 13.2 Å². The molecular formula is C13H17F3N2.